The number of carbonyl (C=O) groups excluding carboxylic acids is 3. The maximum atomic E-state index is 12.7. The highest BCUT2D eigenvalue weighted by atomic mass is 32.2. The van der Waals surface area contributed by atoms with Gasteiger partial charge in [-0.15, -0.1) is 11.8 Å². The van der Waals surface area contributed by atoms with Gasteiger partial charge in [0.1, 0.15) is 22.6 Å². The minimum atomic E-state index is -0.807. The van der Waals surface area contributed by atoms with Gasteiger partial charge in [-0.05, 0) is 38.1 Å². The fourth-order valence-electron chi connectivity index (χ4n) is 1.41. The molecule has 1 amide bonds. The number of ketones is 2. The van der Waals surface area contributed by atoms with Crippen LogP contribution in [0.2, 0.25) is 0 Å². The molecule has 0 aliphatic rings. The number of anilines is 1. The number of rotatable bonds is 6. The van der Waals surface area contributed by atoms with Gasteiger partial charge in [0.05, 0.1) is 5.75 Å². The minimum Gasteiger partial charge on any atom is -0.325 e. The van der Waals surface area contributed by atoms with E-state index in [1.807, 2.05) is 0 Å². The van der Waals surface area contributed by atoms with Crippen LogP contribution in [0.4, 0.5) is 10.1 Å². The molecule has 1 rings (SSSR count). The van der Waals surface area contributed by atoms with E-state index >= 15 is 0 Å². The Balaban J connectivity index is 2.49. The van der Waals surface area contributed by atoms with Gasteiger partial charge in [0.2, 0.25) is 5.91 Å². The summed E-state index contributed by atoms with van der Waals surface area (Å²) in [5.41, 5.74) is 0.467. The van der Waals surface area contributed by atoms with E-state index in [0.29, 0.717) is 5.69 Å². The summed E-state index contributed by atoms with van der Waals surface area (Å²) in [5, 5.41) is 1.75. The third kappa shape index (κ3) is 5.21. The van der Waals surface area contributed by atoms with Gasteiger partial charge < -0.3 is 5.32 Å². The second-order valence-corrected chi connectivity index (χ2v) is 5.06. The maximum Gasteiger partial charge on any atom is 0.234 e. The number of benzene rings is 1. The van der Waals surface area contributed by atoms with Gasteiger partial charge in [-0.2, -0.15) is 0 Å². The minimum absolute atomic E-state index is 0.0127. The lowest BCUT2D eigenvalue weighted by atomic mass is 10.2. The number of hydrogen-bond donors (Lipinski definition) is 1. The highest BCUT2D eigenvalue weighted by Crippen LogP contribution is 2.14. The lowest BCUT2D eigenvalue weighted by molar-refractivity contribution is -0.123. The Morgan fingerprint density at radius 1 is 1.16 bits per heavy atom. The van der Waals surface area contributed by atoms with Crippen LogP contribution in [0.1, 0.15) is 13.8 Å². The van der Waals surface area contributed by atoms with Crippen LogP contribution in [-0.2, 0) is 14.4 Å². The molecule has 0 spiro atoms. The van der Waals surface area contributed by atoms with Crippen LogP contribution in [-0.4, -0.2) is 28.5 Å². The van der Waals surface area contributed by atoms with E-state index < -0.39 is 5.25 Å². The molecule has 102 valence electrons. The Bertz CT molecular complexity index is 473. The van der Waals surface area contributed by atoms with Crippen LogP contribution in [0.25, 0.3) is 0 Å². The average molecular weight is 283 g/mol. The number of thioether (sulfide) groups is 1. The molecule has 0 fully saturated rings. The first-order valence-electron chi connectivity index (χ1n) is 5.58. The second-order valence-electron chi connectivity index (χ2n) is 3.97. The number of halogens is 1. The van der Waals surface area contributed by atoms with Gasteiger partial charge in [-0.25, -0.2) is 4.39 Å². The van der Waals surface area contributed by atoms with E-state index in [4.69, 9.17) is 0 Å². The van der Waals surface area contributed by atoms with Gasteiger partial charge >= 0.3 is 0 Å². The third-order valence-electron chi connectivity index (χ3n) is 2.25. The second kappa shape index (κ2) is 7.04. The first-order valence-corrected chi connectivity index (χ1v) is 6.63. The van der Waals surface area contributed by atoms with Gasteiger partial charge in [0, 0.05) is 5.69 Å². The SMILES string of the molecule is CC(=O)C(SCC(=O)Nc1ccc(F)cc1)C(C)=O. The van der Waals surface area contributed by atoms with Crippen LogP contribution in [0.3, 0.4) is 0 Å². The molecule has 0 aromatic heterocycles. The van der Waals surface area contributed by atoms with Crippen LogP contribution >= 0.6 is 11.8 Å². The molecule has 0 bridgehead atoms. The van der Waals surface area contributed by atoms with E-state index in [2.05, 4.69) is 5.32 Å². The first kappa shape index (κ1) is 15.4. The van der Waals surface area contributed by atoms with Crippen molar-refractivity contribution in [2.45, 2.75) is 19.1 Å². The van der Waals surface area contributed by atoms with Crippen molar-refractivity contribution in [2.24, 2.45) is 0 Å². The Morgan fingerprint density at radius 2 is 1.68 bits per heavy atom. The predicted molar refractivity (Wildman–Crippen MR) is 72.6 cm³/mol. The first-order chi connectivity index (χ1) is 8.90. The lowest BCUT2D eigenvalue weighted by Crippen LogP contribution is -2.25. The van der Waals surface area contributed by atoms with Crippen molar-refractivity contribution in [3.05, 3.63) is 30.1 Å². The number of hydrogen-bond acceptors (Lipinski definition) is 4. The van der Waals surface area contributed by atoms with E-state index in [-0.39, 0.29) is 29.0 Å². The molecule has 0 saturated carbocycles. The maximum absolute atomic E-state index is 12.7. The van der Waals surface area contributed by atoms with Crippen LogP contribution in [0.5, 0.6) is 0 Å². The zero-order valence-electron chi connectivity index (χ0n) is 10.6. The summed E-state index contributed by atoms with van der Waals surface area (Å²) >= 11 is 0.983. The van der Waals surface area contributed by atoms with Crippen molar-refractivity contribution < 1.29 is 18.8 Å². The quantitative estimate of drug-likeness (QED) is 0.812. The molecule has 0 aliphatic carbocycles. The average Bonchev–Trinajstić information content (AvgIpc) is 2.31. The largest absolute Gasteiger partial charge is 0.325 e. The van der Waals surface area contributed by atoms with Crippen molar-refractivity contribution in [3.63, 3.8) is 0 Å². The van der Waals surface area contributed by atoms with Gasteiger partial charge in [0.25, 0.3) is 0 Å². The number of carbonyl (C=O) groups is 3. The topological polar surface area (TPSA) is 63.2 Å². The van der Waals surface area contributed by atoms with E-state index in [9.17, 15) is 18.8 Å². The smallest absolute Gasteiger partial charge is 0.234 e. The lowest BCUT2D eigenvalue weighted by Gasteiger charge is -2.10. The highest BCUT2D eigenvalue weighted by Gasteiger charge is 2.21. The summed E-state index contributed by atoms with van der Waals surface area (Å²) in [6.07, 6.45) is 0. The van der Waals surface area contributed by atoms with Crippen LogP contribution < -0.4 is 5.32 Å². The molecule has 0 atom stereocenters. The third-order valence-corrected chi connectivity index (χ3v) is 3.67. The van der Waals surface area contributed by atoms with Crippen molar-refractivity contribution in [1.82, 2.24) is 0 Å². The number of nitrogens with one attached hydrogen (secondary N) is 1. The molecule has 0 aliphatic heterocycles. The fraction of sp³-hybridized carbons (Fsp3) is 0.308. The molecule has 0 heterocycles. The monoisotopic (exact) mass is 283 g/mol. The van der Waals surface area contributed by atoms with E-state index in [1.54, 1.807) is 0 Å². The molecule has 1 aromatic rings. The van der Waals surface area contributed by atoms with Crippen molar-refractivity contribution in [2.75, 3.05) is 11.1 Å². The molecule has 1 aromatic carbocycles. The van der Waals surface area contributed by atoms with Crippen molar-refractivity contribution in [1.29, 1.82) is 0 Å². The normalized spacial score (nSPS) is 10.3. The molecule has 0 radical (unpaired) electrons. The summed E-state index contributed by atoms with van der Waals surface area (Å²) in [4.78, 5) is 34.0. The standard InChI is InChI=1S/C13H14FNO3S/c1-8(16)13(9(2)17)19-7-12(18)15-11-5-3-10(14)4-6-11/h3-6,13H,7H2,1-2H3,(H,15,18). The summed E-state index contributed by atoms with van der Waals surface area (Å²) in [6, 6.07) is 5.34. The Morgan fingerprint density at radius 3 is 2.16 bits per heavy atom. The molecule has 6 heteroatoms. The molecule has 4 nitrogen and oxygen atoms in total. The van der Waals surface area contributed by atoms with Crippen molar-refractivity contribution in [3.8, 4) is 0 Å². The summed E-state index contributed by atoms with van der Waals surface area (Å²) in [5.74, 6) is -1.29. The highest BCUT2D eigenvalue weighted by molar-refractivity contribution is 8.02. The van der Waals surface area contributed by atoms with Gasteiger partial charge in [-0.3, -0.25) is 14.4 Å². The Hall–Kier alpha value is -1.69. The summed E-state index contributed by atoms with van der Waals surface area (Å²) < 4.78 is 12.7. The zero-order chi connectivity index (χ0) is 14.4. The summed E-state index contributed by atoms with van der Waals surface area (Å²) in [7, 11) is 0. The van der Waals surface area contributed by atoms with E-state index in [1.165, 1.54) is 38.1 Å². The fourth-order valence-corrected chi connectivity index (χ4v) is 2.27. The molecule has 0 unspecified atom stereocenters. The van der Waals surface area contributed by atoms with Crippen LogP contribution in [0.15, 0.2) is 24.3 Å². The number of amides is 1. The molecule has 19 heavy (non-hydrogen) atoms. The number of Topliss-reactive ketones (excluding diaryl/α,β-unsaturated/α-hetero) is 2. The molecule has 0 saturated heterocycles. The Labute approximate surface area is 114 Å². The Kier molecular flexibility index (Phi) is 5.69. The summed E-state index contributed by atoms with van der Waals surface area (Å²) in [6.45, 7) is 2.63. The zero-order valence-corrected chi connectivity index (χ0v) is 11.4. The van der Waals surface area contributed by atoms with Gasteiger partial charge in [-0.1, -0.05) is 0 Å². The van der Waals surface area contributed by atoms with E-state index in [0.717, 1.165) is 11.8 Å². The predicted octanol–water partition coefficient (Wildman–Crippen LogP) is 2.04. The van der Waals surface area contributed by atoms with Gasteiger partial charge in [0.15, 0.2) is 0 Å². The molecular weight excluding hydrogens is 269 g/mol. The van der Waals surface area contributed by atoms with Crippen LogP contribution in [0, 0.1) is 5.82 Å². The molecular formula is C13H14FNO3S. The molecule has 1 N–H and O–H groups in total. The van der Waals surface area contributed by atoms with Crippen molar-refractivity contribution >= 4 is 34.9 Å².